The van der Waals surface area contributed by atoms with Crippen molar-refractivity contribution in [3.05, 3.63) is 0 Å². The lowest BCUT2D eigenvalue weighted by Crippen LogP contribution is -2.41. The predicted octanol–water partition coefficient (Wildman–Crippen LogP) is -0.161. The van der Waals surface area contributed by atoms with E-state index in [2.05, 4.69) is 10.0 Å². The van der Waals surface area contributed by atoms with Gasteiger partial charge in [0.2, 0.25) is 15.9 Å². The fourth-order valence-corrected chi connectivity index (χ4v) is 1.37. The first-order chi connectivity index (χ1) is 6.25. The minimum absolute atomic E-state index is 0.0195. The number of carbonyl (C=O) groups is 1. The van der Waals surface area contributed by atoms with Crippen LogP contribution in [-0.2, 0) is 14.8 Å². The molecule has 0 aromatic heterocycles. The SMILES string of the molecule is CC(C)NC(=O)CNS(=O)(=O)C(C)C. The molecule has 0 fully saturated rings. The summed E-state index contributed by atoms with van der Waals surface area (Å²) in [5, 5.41) is 2.07. The van der Waals surface area contributed by atoms with Crippen LogP contribution in [0.1, 0.15) is 27.7 Å². The molecule has 14 heavy (non-hydrogen) atoms. The van der Waals surface area contributed by atoms with Crippen molar-refractivity contribution >= 4 is 15.9 Å². The number of sulfonamides is 1. The van der Waals surface area contributed by atoms with Gasteiger partial charge < -0.3 is 5.32 Å². The Morgan fingerprint density at radius 1 is 1.21 bits per heavy atom. The Labute approximate surface area is 85.3 Å². The third kappa shape index (κ3) is 5.18. The number of nitrogens with one attached hydrogen (secondary N) is 2. The summed E-state index contributed by atoms with van der Waals surface area (Å²) in [4.78, 5) is 11.1. The normalized spacial score (nSPS) is 12.1. The summed E-state index contributed by atoms with van der Waals surface area (Å²) in [5.41, 5.74) is 0. The molecule has 0 aromatic rings. The molecule has 0 radical (unpaired) electrons. The average Bonchev–Trinajstić information content (AvgIpc) is 1.99. The smallest absolute Gasteiger partial charge is 0.235 e. The van der Waals surface area contributed by atoms with E-state index in [4.69, 9.17) is 0 Å². The molecule has 6 heteroatoms. The van der Waals surface area contributed by atoms with Crippen molar-refractivity contribution < 1.29 is 13.2 Å². The number of amides is 1. The number of hydrogen-bond donors (Lipinski definition) is 2. The highest BCUT2D eigenvalue weighted by molar-refractivity contribution is 7.90. The number of carbonyl (C=O) groups excluding carboxylic acids is 1. The van der Waals surface area contributed by atoms with Gasteiger partial charge in [-0.15, -0.1) is 0 Å². The summed E-state index contributed by atoms with van der Waals surface area (Å²) in [6.45, 7) is 6.55. The monoisotopic (exact) mass is 222 g/mol. The quantitative estimate of drug-likeness (QED) is 0.678. The van der Waals surface area contributed by atoms with Crippen LogP contribution in [0.15, 0.2) is 0 Å². The molecule has 1 amide bonds. The topological polar surface area (TPSA) is 75.3 Å². The van der Waals surface area contributed by atoms with Gasteiger partial charge in [0.1, 0.15) is 0 Å². The largest absolute Gasteiger partial charge is 0.353 e. The van der Waals surface area contributed by atoms with Gasteiger partial charge in [-0.2, -0.15) is 0 Å². The minimum Gasteiger partial charge on any atom is -0.353 e. The molecule has 0 unspecified atom stereocenters. The summed E-state index contributed by atoms with van der Waals surface area (Å²) in [6, 6.07) is 0.0195. The Kier molecular flexibility index (Phi) is 5.07. The van der Waals surface area contributed by atoms with Gasteiger partial charge in [-0.05, 0) is 27.7 Å². The first-order valence-electron chi connectivity index (χ1n) is 4.53. The van der Waals surface area contributed by atoms with Gasteiger partial charge in [-0.25, -0.2) is 13.1 Å². The van der Waals surface area contributed by atoms with Gasteiger partial charge in [-0.1, -0.05) is 0 Å². The van der Waals surface area contributed by atoms with Crippen LogP contribution in [0.4, 0.5) is 0 Å². The second kappa shape index (κ2) is 5.31. The van der Waals surface area contributed by atoms with Crippen molar-refractivity contribution in [3.63, 3.8) is 0 Å². The second-order valence-corrected chi connectivity index (χ2v) is 5.96. The second-order valence-electron chi connectivity index (χ2n) is 3.64. The molecule has 0 aliphatic heterocycles. The van der Waals surface area contributed by atoms with Gasteiger partial charge in [-0.3, -0.25) is 4.79 Å². The summed E-state index contributed by atoms with van der Waals surface area (Å²) in [6.07, 6.45) is 0. The molecule has 0 spiro atoms. The Morgan fingerprint density at radius 3 is 2.07 bits per heavy atom. The fourth-order valence-electron chi connectivity index (χ4n) is 0.706. The maximum Gasteiger partial charge on any atom is 0.235 e. The number of hydrogen-bond acceptors (Lipinski definition) is 3. The highest BCUT2D eigenvalue weighted by Gasteiger charge is 2.16. The molecule has 0 aliphatic rings. The lowest BCUT2D eigenvalue weighted by molar-refractivity contribution is -0.120. The molecule has 0 saturated heterocycles. The third-order valence-electron chi connectivity index (χ3n) is 1.50. The van der Waals surface area contributed by atoms with Crippen LogP contribution in [-0.4, -0.2) is 32.2 Å². The standard InChI is InChI=1S/C8H18N2O3S/c1-6(2)10-8(11)5-9-14(12,13)7(3)4/h6-7,9H,5H2,1-4H3,(H,10,11). The van der Waals surface area contributed by atoms with Gasteiger partial charge in [0.25, 0.3) is 0 Å². The zero-order valence-electron chi connectivity index (χ0n) is 8.99. The highest BCUT2D eigenvalue weighted by atomic mass is 32.2. The van der Waals surface area contributed by atoms with Crippen LogP contribution in [0, 0.1) is 0 Å². The van der Waals surface area contributed by atoms with Crippen LogP contribution in [0.3, 0.4) is 0 Å². The molecule has 2 N–H and O–H groups in total. The van der Waals surface area contributed by atoms with Gasteiger partial charge in [0.15, 0.2) is 0 Å². The molecule has 0 aliphatic carbocycles. The van der Waals surface area contributed by atoms with Crippen LogP contribution in [0.2, 0.25) is 0 Å². The summed E-state index contributed by atoms with van der Waals surface area (Å²) < 4.78 is 24.7. The molecule has 0 aromatic carbocycles. The van der Waals surface area contributed by atoms with Crippen molar-refractivity contribution in [2.24, 2.45) is 0 Å². The van der Waals surface area contributed by atoms with E-state index >= 15 is 0 Å². The van der Waals surface area contributed by atoms with E-state index in [1.54, 1.807) is 13.8 Å². The van der Waals surface area contributed by atoms with E-state index in [1.165, 1.54) is 0 Å². The highest BCUT2D eigenvalue weighted by Crippen LogP contribution is 1.94. The maximum atomic E-state index is 11.2. The molecule has 5 nitrogen and oxygen atoms in total. The van der Waals surface area contributed by atoms with E-state index in [1.807, 2.05) is 13.8 Å². The summed E-state index contributed by atoms with van der Waals surface area (Å²) in [5.74, 6) is -0.316. The number of rotatable bonds is 5. The van der Waals surface area contributed by atoms with E-state index < -0.39 is 15.3 Å². The predicted molar refractivity (Wildman–Crippen MR) is 55.3 cm³/mol. The average molecular weight is 222 g/mol. The molecular weight excluding hydrogens is 204 g/mol. The molecular formula is C8H18N2O3S. The summed E-state index contributed by atoms with van der Waals surface area (Å²) in [7, 11) is -3.34. The van der Waals surface area contributed by atoms with Gasteiger partial charge >= 0.3 is 0 Å². The fraction of sp³-hybridized carbons (Fsp3) is 0.875. The Morgan fingerprint density at radius 2 is 1.71 bits per heavy atom. The van der Waals surface area contributed by atoms with Crippen LogP contribution in [0.25, 0.3) is 0 Å². The van der Waals surface area contributed by atoms with E-state index in [9.17, 15) is 13.2 Å². The van der Waals surface area contributed by atoms with Crippen LogP contribution in [0.5, 0.6) is 0 Å². The van der Waals surface area contributed by atoms with E-state index in [0.29, 0.717) is 0 Å². The zero-order valence-corrected chi connectivity index (χ0v) is 9.81. The van der Waals surface area contributed by atoms with Crippen molar-refractivity contribution in [3.8, 4) is 0 Å². The van der Waals surface area contributed by atoms with Crippen molar-refractivity contribution in [2.45, 2.75) is 39.0 Å². The molecule has 84 valence electrons. The third-order valence-corrected chi connectivity index (χ3v) is 3.29. The lowest BCUT2D eigenvalue weighted by Gasteiger charge is -2.11. The Hall–Kier alpha value is -0.620. The van der Waals surface area contributed by atoms with E-state index in [-0.39, 0.29) is 18.5 Å². The summed E-state index contributed by atoms with van der Waals surface area (Å²) >= 11 is 0. The first-order valence-corrected chi connectivity index (χ1v) is 6.08. The van der Waals surface area contributed by atoms with Crippen molar-refractivity contribution in [1.29, 1.82) is 0 Å². The first kappa shape index (κ1) is 13.4. The van der Waals surface area contributed by atoms with Crippen LogP contribution >= 0.6 is 0 Å². The molecule has 0 heterocycles. The van der Waals surface area contributed by atoms with Gasteiger partial charge in [0, 0.05) is 6.04 Å². The van der Waals surface area contributed by atoms with E-state index in [0.717, 1.165) is 0 Å². The Balaban J connectivity index is 4.01. The molecule has 0 atom stereocenters. The van der Waals surface area contributed by atoms with Crippen molar-refractivity contribution in [1.82, 2.24) is 10.0 Å². The molecule has 0 rings (SSSR count). The van der Waals surface area contributed by atoms with Crippen LogP contribution < -0.4 is 10.0 Å². The lowest BCUT2D eigenvalue weighted by atomic mass is 10.4. The maximum absolute atomic E-state index is 11.2. The Bertz CT molecular complexity index is 283. The zero-order chi connectivity index (χ0) is 11.4. The molecule has 0 bridgehead atoms. The van der Waals surface area contributed by atoms with Gasteiger partial charge in [0.05, 0.1) is 11.8 Å². The minimum atomic E-state index is -3.34. The molecule has 0 saturated carbocycles. The van der Waals surface area contributed by atoms with Crippen molar-refractivity contribution in [2.75, 3.05) is 6.54 Å².